The van der Waals surface area contributed by atoms with E-state index >= 15 is 0 Å². The van der Waals surface area contributed by atoms with E-state index in [0.717, 1.165) is 34.6 Å². The van der Waals surface area contributed by atoms with Crippen molar-refractivity contribution >= 4 is 44.6 Å². The van der Waals surface area contributed by atoms with Gasteiger partial charge in [-0.2, -0.15) is 0 Å². The molecule has 36 heavy (non-hydrogen) atoms. The first-order valence-electron chi connectivity index (χ1n) is 12.3. The van der Waals surface area contributed by atoms with E-state index in [1.54, 1.807) is 11.1 Å². The molecule has 1 saturated carbocycles. The minimum absolute atomic E-state index is 0.0718. The molecule has 0 radical (unpaired) electrons. The highest BCUT2D eigenvalue weighted by Crippen LogP contribution is 2.35. The van der Waals surface area contributed by atoms with E-state index in [9.17, 15) is 14.4 Å². The SMILES string of the molecule is C=CC(=O)N1CC(NC(=O)Cn2cc(C(=O)N[C@@H]3CCC[C@H]3c3ccccc3)c3cc(Br)ccc32)C1. The molecule has 2 aromatic carbocycles. The predicted molar refractivity (Wildman–Crippen MR) is 143 cm³/mol. The number of likely N-dealkylation sites (tertiary alicyclic amines) is 1. The lowest BCUT2D eigenvalue weighted by Gasteiger charge is -2.38. The number of benzene rings is 2. The van der Waals surface area contributed by atoms with Crippen molar-refractivity contribution in [2.75, 3.05) is 13.1 Å². The molecular weight excluding hydrogens is 520 g/mol. The highest BCUT2D eigenvalue weighted by molar-refractivity contribution is 9.10. The maximum Gasteiger partial charge on any atom is 0.253 e. The van der Waals surface area contributed by atoms with Gasteiger partial charge in [0, 0.05) is 46.6 Å². The largest absolute Gasteiger partial charge is 0.349 e. The van der Waals surface area contributed by atoms with Gasteiger partial charge in [0.05, 0.1) is 11.6 Å². The van der Waals surface area contributed by atoms with Gasteiger partial charge in [0.25, 0.3) is 5.91 Å². The average Bonchev–Trinajstić information content (AvgIpc) is 3.45. The summed E-state index contributed by atoms with van der Waals surface area (Å²) in [5, 5.41) is 7.05. The molecule has 3 aromatic rings. The Morgan fingerprint density at radius 3 is 2.58 bits per heavy atom. The Kier molecular flexibility index (Phi) is 6.96. The number of nitrogens with zero attached hydrogens (tertiary/aromatic N) is 2. The average molecular weight is 549 g/mol. The Morgan fingerprint density at radius 2 is 1.83 bits per heavy atom. The predicted octanol–water partition coefficient (Wildman–Crippen LogP) is 3.98. The fourth-order valence-corrected chi connectivity index (χ4v) is 5.73. The number of hydrogen-bond acceptors (Lipinski definition) is 3. The fourth-order valence-electron chi connectivity index (χ4n) is 5.37. The lowest BCUT2D eigenvalue weighted by atomic mass is 9.94. The van der Waals surface area contributed by atoms with Gasteiger partial charge in [0.2, 0.25) is 11.8 Å². The molecular formula is C28H29BrN4O3. The molecule has 2 atom stereocenters. The van der Waals surface area contributed by atoms with Crippen LogP contribution in [0.4, 0.5) is 0 Å². The number of nitrogens with one attached hydrogen (secondary N) is 2. The molecule has 2 aliphatic rings. The van der Waals surface area contributed by atoms with Gasteiger partial charge in [-0.1, -0.05) is 59.3 Å². The summed E-state index contributed by atoms with van der Waals surface area (Å²) in [7, 11) is 0. The fraction of sp³-hybridized carbons (Fsp3) is 0.321. The second kappa shape index (κ2) is 10.3. The minimum Gasteiger partial charge on any atom is -0.349 e. The summed E-state index contributed by atoms with van der Waals surface area (Å²) in [5.41, 5.74) is 2.64. The Labute approximate surface area is 218 Å². The van der Waals surface area contributed by atoms with Crippen LogP contribution in [0.1, 0.15) is 41.1 Å². The lowest BCUT2D eigenvalue weighted by molar-refractivity contribution is -0.133. The Bertz CT molecular complexity index is 1310. The van der Waals surface area contributed by atoms with Crippen LogP contribution in [-0.2, 0) is 16.1 Å². The maximum atomic E-state index is 13.5. The monoisotopic (exact) mass is 548 g/mol. The quantitative estimate of drug-likeness (QED) is 0.438. The highest BCUT2D eigenvalue weighted by atomic mass is 79.9. The molecule has 1 saturated heterocycles. The standard InChI is InChI=1S/C28H29BrN4O3/c1-2-27(35)33-14-20(15-33)30-26(34)17-32-16-23(22-13-19(29)11-12-25(22)32)28(36)31-24-10-6-9-21(24)18-7-4-3-5-8-18/h2-5,7-8,11-13,16,20-21,24H,1,6,9-10,14-15,17H2,(H,30,34)(H,31,36)/t21-,24+/m0/s1. The van der Waals surface area contributed by atoms with Crippen LogP contribution < -0.4 is 10.6 Å². The van der Waals surface area contributed by atoms with Gasteiger partial charge in [0.15, 0.2) is 0 Å². The molecule has 1 aromatic heterocycles. The second-order valence-electron chi connectivity index (χ2n) is 9.57. The van der Waals surface area contributed by atoms with Crippen molar-refractivity contribution in [1.82, 2.24) is 20.1 Å². The summed E-state index contributed by atoms with van der Waals surface area (Å²) < 4.78 is 2.69. The van der Waals surface area contributed by atoms with Crippen molar-refractivity contribution in [1.29, 1.82) is 0 Å². The van der Waals surface area contributed by atoms with E-state index < -0.39 is 0 Å². The summed E-state index contributed by atoms with van der Waals surface area (Å²) in [4.78, 5) is 39.5. The third-order valence-electron chi connectivity index (χ3n) is 7.19. The summed E-state index contributed by atoms with van der Waals surface area (Å²) in [6.07, 6.45) is 6.13. The van der Waals surface area contributed by atoms with Crippen LogP contribution in [0.25, 0.3) is 10.9 Å². The Balaban J connectivity index is 1.31. The van der Waals surface area contributed by atoms with Crippen molar-refractivity contribution < 1.29 is 14.4 Å². The number of fused-ring (bicyclic) bond motifs is 1. The molecule has 2 N–H and O–H groups in total. The van der Waals surface area contributed by atoms with Gasteiger partial charge in [-0.05, 0) is 42.7 Å². The summed E-state index contributed by atoms with van der Waals surface area (Å²) in [5.74, 6) is -0.106. The number of rotatable bonds is 7. The number of hydrogen-bond donors (Lipinski definition) is 2. The van der Waals surface area contributed by atoms with Crippen molar-refractivity contribution in [2.45, 2.75) is 43.8 Å². The molecule has 0 bridgehead atoms. The number of carbonyl (C=O) groups excluding carboxylic acids is 3. The van der Waals surface area contributed by atoms with Crippen LogP contribution in [-0.4, -0.2) is 52.4 Å². The zero-order valence-electron chi connectivity index (χ0n) is 20.0. The van der Waals surface area contributed by atoms with E-state index in [1.165, 1.54) is 11.6 Å². The maximum absolute atomic E-state index is 13.5. The molecule has 8 heteroatoms. The van der Waals surface area contributed by atoms with Gasteiger partial charge in [-0.25, -0.2) is 0 Å². The first-order chi connectivity index (χ1) is 17.4. The van der Waals surface area contributed by atoms with Crippen molar-refractivity contribution in [3.8, 4) is 0 Å². The van der Waals surface area contributed by atoms with E-state index in [4.69, 9.17) is 0 Å². The van der Waals surface area contributed by atoms with Crippen molar-refractivity contribution in [3.05, 3.63) is 83.0 Å². The smallest absolute Gasteiger partial charge is 0.253 e. The van der Waals surface area contributed by atoms with Crippen LogP contribution in [0.5, 0.6) is 0 Å². The van der Waals surface area contributed by atoms with Gasteiger partial charge >= 0.3 is 0 Å². The van der Waals surface area contributed by atoms with Crippen LogP contribution in [0, 0.1) is 0 Å². The lowest BCUT2D eigenvalue weighted by Crippen LogP contribution is -2.61. The topological polar surface area (TPSA) is 83.4 Å². The van der Waals surface area contributed by atoms with E-state index in [2.05, 4.69) is 45.3 Å². The van der Waals surface area contributed by atoms with Crippen molar-refractivity contribution in [3.63, 3.8) is 0 Å². The summed E-state index contributed by atoms with van der Waals surface area (Å²) >= 11 is 3.52. The minimum atomic E-state index is -0.155. The summed E-state index contributed by atoms with van der Waals surface area (Å²) in [6.45, 7) is 4.54. The summed E-state index contributed by atoms with van der Waals surface area (Å²) in [6, 6.07) is 16.1. The molecule has 7 nitrogen and oxygen atoms in total. The molecule has 1 aliphatic carbocycles. The van der Waals surface area contributed by atoms with Crippen molar-refractivity contribution in [2.24, 2.45) is 0 Å². The van der Waals surface area contributed by atoms with Crippen LogP contribution in [0.15, 0.2) is 71.9 Å². The van der Waals surface area contributed by atoms with E-state index in [1.807, 2.05) is 41.0 Å². The number of amides is 3. The zero-order valence-corrected chi connectivity index (χ0v) is 21.5. The van der Waals surface area contributed by atoms with Gasteiger partial charge in [-0.3, -0.25) is 14.4 Å². The zero-order chi connectivity index (χ0) is 25.2. The van der Waals surface area contributed by atoms with Gasteiger partial charge in [-0.15, -0.1) is 0 Å². The van der Waals surface area contributed by atoms with E-state index in [0.29, 0.717) is 24.6 Å². The number of aromatic nitrogens is 1. The van der Waals surface area contributed by atoms with Gasteiger partial charge < -0.3 is 20.1 Å². The molecule has 5 rings (SSSR count). The molecule has 0 unspecified atom stereocenters. The number of halogens is 1. The third kappa shape index (κ3) is 4.95. The second-order valence-corrected chi connectivity index (χ2v) is 10.5. The van der Waals surface area contributed by atoms with Crippen LogP contribution in [0.3, 0.4) is 0 Å². The highest BCUT2D eigenvalue weighted by Gasteiger charge is 2.32. The molecule has 0 spiro atoms. The Hall–Kier alpha value is -3.39. The molecule has 1 aliphatic heterocycles. The molecule has 2 fully saturated rings. The molecule has 186 valence electrons. The Morgan fingerprint density at radius 1 is 1.06 bits per heavy atom. The number of carbonyl (C=O) groups is 3. The first-order valence-corrected chi connectivity index (χ1v) is 13.1. The van der Waals surface area contributed by atoms with E-state index in [-0.39, 0.29) is 36.3 Å². The normalized spacial score (nSPS) is 19.6. The van der Waals surface area contributed by atoms with Crippen LogP contribution >= 0.6 is 15.9 Å². The molecule has 2 heterocycles. The van der Waals surface area contributed by atoms with Crippen LogP contribution in [0.2, 0.25) is 0 Å². The molecule has 3 amide bonds. The van der Waals surface area contributed by atoms with Gasteiger partial charge in [0.1, 0.15) is 6.54 Å². The third-order valence-corrected chi connectivity index (χ3v) is 7.69. The first kappa shape index (κ1) is 24.3.